The minimum Gasteiger partial charge on any atom is -0.854 e. The summed E-state index contributed by atoms with van der Waals surface area (Å²) in [5.41, 5.74) is 0. The summed E-state index contributed by atoms with van der Waals surface area (Å²) in [6.45, 7) is -0.125. The molecule has 0 saturated carbocycles. The SMILES string of the molecule is [Cl][Zn+].[O-]CCCO. The van der Waals surface area contributed by atoms with Crippen molar-refractivity contribution in [1.29, 1.82) is 0 Å². The van der Waals surface area contributed by atoms with E-state index >= 15 is 0 Å². The second-order valence-corrected chi connectivity index (χ2v) is 0.781. The molecule has 0 saturated heterocycles. The van der Waals surface area contributed by atoms with Gasteiger partial charge in [0.2, 0.25) is 0 Å². The molecular formula is C3H7ClO2Zn. The molecule has 0 heterocycles. The smallest absolute Gasteiger partial charge is 0.0418 e. The van der Waals surface area contributed by atoms with E-state index in [1.54, 1.807) is 0 Å². The third-order valence-electron chi connectivity index (χ3n) is 0.302. The standard InChI is InChI=1S/C3H7O2.ClH.Zn/c4-2-1-3-5;;/h4H,1-3H2;1H;/q-1;;+2/p-1. The van der Waals surface area contributed by atoms with Crippen LogP contribution in [0.4, 0.5) is 0 Å². The quantitative estimate of drug-likeness (QED) is 0.571. The molecule has 0 aliphatic heterocycles. The average Bonchev–Trinajstić information content (AvgIpc) is 1.75. The molecule has 0 unspecified atom stereocenters. The summed E-state index contributed by atoms with van der Waals surface area (Å²) in [5.74, 6) is 0. The number of hydrogen-bond donors (Lipinski definition) is 1. The van der Waals surface area contributed by atoms with Crippen LogP contribution in [0.2, 0.25) is 0 Å². The first-order valence-electron chi connectivity index (χ1n) is 1.87. The van der Waals surface area contributed by atoms with E-state index in [9.17, 15) is 5.11 Å². The van der Waals surface area contributed by atoms with Crippen LogP contribution in [0.15, 0.2) is 0 Å². The predicted octanol–water partition coefficient (Wildman–Crippen LogP) is -0.584. The molecule has 0 spiro atoms. The van der Waals surface area contributed by atoms with Gasteiger partial charge in [0, 0.05) is 6.61 Å². The van der Waals surface area contributed by atoms with E-state index in [-0.39, 0.29) is 13.2 Å². The van der Waals surface area contributed by atoms with Gasteiger partial charge in [-0.2, -0.15) is 0 Å². The van der Waals surface area contributed by atoms with Crippen molar-refractivity contribution >= 4 is 9.69 Å². The van der Waals surface area contributed by atoms with Crippen LogP contribution in [-0.2, 0) is 17.3 Å². The zero-order valence-corrected chi connectivity index (χ0v) is 7.78. The summed E-state index contributed by atoms with van der Waals surface area (Å²) >= 11 is 0.847. The summed E-state index contributed by atoms with van der Waals surface area (Å²) in [7, 11) is 4.76. The Labute approximate surface area is 57.2 Å². The Morgan fingerprint density at radius 3 is 2.00 bits per heavy atom. The van der Waals surface area contributed by atoms with Gasteiger partial charge in [0.05, 0.1) is 0 Å². The van der Waals surface area contributed by atoms with Gasteiger partial charge in [0.25, 0.3) is 0 Å². The topological polar surface area (TPSA) is 43.3 Å². The number of aliphatic hydroxyl groups is 1. The number of aliphatic hydroxyl groups excluding tert-OH is 1. The van der Waals surface area contributed by atoms with E-state index in [0.29, 0.717) is 6.42 Å². The molecule has 0 radical (unpaired) electrons. The molecule has 0 amide bonds. The fraction of sp³-hybridized carbons (Fsp3) is 1.00. The van der Waals surface area contributed by atoms with E-state index in [2.05, 4.69) is 0 Å². The first-order valence-corrected chi connectivity index (χ1v) is 5.77. The zero-order valence-electron chi connectivity index (χ0n) is 4.06. The van der Waals surface area contributed by atoms with Gasteiger partial charge < -0.3 is 10.2 Å². The van der Waals surface area contributed by atoms with E-state index in [0.717, 1.165) is 17.3 Å². The summed E-state index contributed by atoms with van der Waals surface area (Å²) < 4.78 is 0. The molecule has 1 N–H and O–H groups in total. The van der Waals surface area contributed by atoms with Gasteiger partial charge in [0.1, 0.15) is 0 Å². The molecule has 0 bridgehead atoms. The summed E-state index contributed by atoms with van der Waals surface area (Å²) in [6.07, 6.45) is 0.389. The van der Waals surface area contributed by atoms with Crippen molar-refractivity contribution in [2.24, 2.45) is 0 Å². The van der Waals surface area contributed by atoms with E-state index in [1.807, 2.05) is 0 Å². The number of hydrogen-bond acceptors (Lipinski definition) is 2. The summed E-state index contributed by atoms with van der Waals surface area (Å²) in [5, 5.41) is 17.2. The zero-order chi connectivity index (χ0) is 6.12. The third kappa shape index (κ3) is 19.9. The number of halogens is 1. The van der Waals surface area contributed by atoms with Crippen molar-refractivity contribution in [2.45, 2.75) is 6.42 Å². The number of rotatable bonds is 2. The third-order valence-corrected chi connectivity index (χ3v) is 0.302. The monoisotopic (exact) mass is 174 g/mol. The Morgan fingerprint density at radius 2 is 2.00 bits per heavy atom. The second kappa shape index (κ2) is 15.8. The van der Waals surface area contributed by atoms with Crippen LogP contribution in [0.25, 0.3) is 0 Å². The molecule has 0 rings (SSSR count). The molecular weight excluding hydrogens is 169 g/mol. The molecule has 0 aromatic heterocycles. The predicted molar refractivity (Wildman–Crippen MR) is 22.4 cm³/mol. The maximum atomic E-state index is 9.37. The Balaban J connectivity index is 0. The molecule has 0 fully saturated rings. The molecule has 2 nitrogen and oxygen atoms in total. The van der Waals surface area contributed by atoms with Crippen molar-refractivity contribution in [3.8, 4) is 0 Å². The van der Waals surface area contributed by atoms with Crippen molar-refractivity contribution in [3.05, 3.63) is 0 Å². The van der Waals surface area contributed by atoms with Crippen LogP contribution in [0.3, 0.4) is 0 Å². The maximum Gasteiger partial charge on any atom is 0.0418 e. The maximum absolute atomic E-state index is 9.37. The van der Waals surface area contributed by atoms with Crippen molar-refractivity contribution in [3.63, 3.8) is 0 Å². The minimum atomic E-state index is -0.156. The second-order valence-electron chi connectivity index (χ2n) is 0.781. The van der Waals surface area contributed by atoms with Gasteiger partial charge in [-0.05, 0) is 6.42 Å². The van der Waals surface area contributed by atoms with Crippen molar-refractivity contribution in [2.75, 3.05) is 13.2 Å². The summed E-state index contributed by atoms with van der Waals surface area (Å²) in [4.78, 5) is 0. The van der Waals surface area contributed by atoms with E-state index in [1.165, 1.54) is 0 Å². The first kappa shape index (κ1) is 10.7. The van der Waals surface area contributed by atoms with Gasteiger partial charge >= 0.3 is 27.0 Å². The molecule has 0 aliphatic carbocycles. The Bertz CT molecular complexity index is 20.4. The van der Waals surface area contributed by atoms with E-state index < -0.39 is 0 Å². The molecule has 4 heteroatoms. The van der Waals surface area contributed by atoms with Gasteiger partial charge in [-0.25, -0.2) is 0 Å². The van der Waals surface area contributed by atoms with Crippen LogP contribution in [0.5, 0.6) is 0 Å². The molecule has 7 heavy (non-hydrogen) atoms. The minimum absolute atomic E-state index is 0.0312. The fourth-order valence-electron chi connectivity index (χ4n) is 0.0645. The van der Waals surface area contributed by atoms with Crippen LogP contribution >= 0.6 is 9.69 Å². The largest absolute Gasteiger partial charge is 0.854 e. The van der Waals surface area contributed by atoms with Crippen LogP contribution in [0.1, 0.15) is 6.42 Å². The Morgan fingerprint density at radius 1 is 1.57 bits per heavy atom. The van der Waals surface area contributed by atoms with Crippen molar-refractivity contribution in [1.82, 2.24) is 0 Å². The Hall–Kier alpha value is 0.833. The Kier molecular flexibility index (Phi) is 24.3. The average molecular weight is 176 g/mol. The molecule has 0 aromatic carbocycles. The molecule has 0 atom stereocenters. The van der Waals surface area contributed by atoms with Gasteiger partial charge in [-0.3, -0.25) is 0 Å². The van der Waals surface area contributed by atoms with Gasteiger partial charge in [-0.1, -0.05) is 0 Å². The normalized spacial score (nSPS) is 7.00. The van der Waals surface area contributed by atoms with Crippen molar-refractivity contribution < 1.29 is 27.5 Å². The van der Waals surface area contributed by atoms with Crippen LogP contribution in [0, 0.1) is 0 Å². The molecule has 0 aromatic rings. The molecule has 40 valence electrons. The summed E-state index contributed by atoms with van der Waals surface area (Å²) in [6, 6.07) is 0. The van der Waals surface area contributed by atoms with Crippen LogP contribution in [-0.4, -0.2) is 18.3 Å². The molecule has 0 aliphatic rings. The van der Waals surface area contributed by atoms with E-state index in [4.69, 9.17) is 14.8 Å². The first-order chi connectivity index (χ1) is 3.41. The van der Waals surface area contributed by atoms with Gasteiger partial charge in [0.15, 0.2) is 0 Å². The fourth-order valence-corrected chi connectivity index (χ4v) is 0.0645. The van der Waals surface area contributed by atoms with Crippen LogP contribution < -0.4 is 5.11 Å². The van der Waals surface area contributed by atoms with Gasteiger partial charge in [-0.15, -0.1) is 6.61 Å².